The first-order valence-corrected chi connectivity index (χ1v) is 11.2. The van der Waals surface area contributed by atoms with Crippen molar-refractivity contribution in [1.82, 2.24) is 9.80 Å². The maximum absolute atomic E-state index is 13.6. The third kappa shape index (κ3) is 3.67. The van der Waals surface area contributed by atoms with E-state index < -0.39 is 0 Å². The Hall–Kier alpha value is -1.59. The zero-order valence-corrected chi connectivity index (χ0v) is 16.9. The van der Waals surface area contributed by atoms with Crippen LogP contribution in [-0.4, -0.2) is 74.2 Å². The molecule has 4 saturated heterocycles. The molecule has 1 aromatic carbocycles. The number of nitrogens with zero attached hydrogens (tertiary/aromatic N) is 3. The molecule has 152 valence electrons. The van der Waals surface area contributed by atoms with Crippen molar-refractivity contribution < 1.29 is 9.53 Å². The highest BCUT2D eigenvalue weighted by atomic mass is 16.5. The summed E-state index contributed by atoms with van der Waals surface area (Å²) in [5.74, 6) is 1.77. The summed E-state index contributed by atoms with van der Waals surface area (Å²) in [7, 11) is 0. The number of anilines is 1. The lowest BCUT2D eigenvalue weighted by Crippen LogP contribution is -2.47. The Morgan fingerprint density at radius 1 is 1.00 bits per heavy atom. The summed E-state index contributed by atoms with van der Waals surface area (Å²) in [6.45, 7) is 7.49. The van der Waals surface area contributed by atoms with Crippen molar-refractivity contribution in [3.63, 3.8) is 0 Å². The molecule has 2 atom stereocenters. The summed E-state index contributed by atoms with van der Waals surface area (Å²) in [6.07, 6.45) is 6.76. The molecule has 2 bridgehead atoms. The fourth-order valence-corrected chi connectivity index (χ4v) is 5.48. The molecule has 0 aromatic heterocycles. The molecule has 0 unspecified atom stereocenters. The molecule has 5 nitrogen and oxygen atoms in total. The van der Waals surface area contributed by atoms with Crippen molar-refractivity contribution in [2.24, 2.45) is 11.8 Å². The third-order valence-electron chi connectivity index (χ3n) is 7.32. The van der Waals surface area contributed by atoms with Gasteiger partial charge in [-0.2, -0.15) is 0 Å². The van der Waals surface area contributed by atoms with Crippen molar-refractivity contribution in [3.8, 4) is 0 Å². The smallest absolute Gasteiger partial charge is 0.256 e. The summed E-state index contributed by atoms with van der Waals surface area (Å²) in [4.78, 5) is 20.8. The zero-order valence-electron chi connectivity index (χ0n) is 16.9. The van der Waals surface area contributed by atoms with E-state index in [1.165, 1.54) is 45.2 Å². The van der Waals surface area contributed by atoms with Crippen LogP contribution in [0.5, 0.6) is 0 Å². The van der Waals surface area contributed by atoms with E-state index in [9.17, 15) is 4.79 Å². The number of benzene rings is 1. The van der Waals surface area contributed by atoms with Crippen LogP contribution >= 0.6 is 0 Å². The highest BCUT2D eigenvalue weighted by Gasteiger charge is 2.38. The number of rotatable bonds is 4. The van der Waals surface area contributed by atoms with Crippen molar-refractivity contribution in [2.45, 2.75) is 38.1 Å². The molecular weight excluding hydrogens is 350 g/mol. The lowest BCUT2D eigenvalue weighted by atomic mass is 9.83. The van der Waals surface area contributed by atoms with Crippen molar-refractivity contribution >= 4 is 11.6 Å². The van der Waals surface area contributed by atoms with Gasteiger partial charge in [-0.3, -0.25) is 9.69 Å². The van der Waals surface area contributed by atoms with E-state index in [1.807, 2.05) is 18.2 Å². The fraction of sp³-hybridized carbons (Fsp3) is 0.696. The molecule has 1 aliphatic carbocycles. The first-order valence-electron chi connectivity index (χ1n) is 11.2. The van der Waals surface area contributed by atoms with Gasteiger partial charge < -0.3 is 14.5 Å². The summed E-state index contributed by atoms with van der Waals surface area (Å²) >= 11 is 0. The van der Waals surface area contributed by atoms with E-state index in [4.69, 9.17) is 4.74 Å². The Kier molecular flexibility index (Phi) is 5.29. The standard InChI is InChI=1S/C23H33N3O2/c27-23(21-6-1-2-7-22(21)24-10-12-28-13-11-24)26-16-19-8-9-20(17-26)25(15-19)14-18-4-3-5-18/h1-2,6-7,18-20H,3-5,8-17H2/t19-,20-/m1/s1. The van der Waals surface area contributed by atoms with Crippen LogP contribution in [0.3, 0.4) is 0 Å². The van der Waals surface area contributed by atoms with Crippen molar-refractivity contribution in [1.29, 1.82) is 0 Å². The van der Waals surface area contributed by atoms with E-state index >= 15 is 0 Å². The first-order chi connectivity index (χ1) is 13.8. The molecule has 1 aromatic rings. The molecule has 0 N–H and O–H groups in total. The molecule has 0 radical (unpaired) electrons. The van der Waals surface area contributed by atoms with Gasteiger partial charge in [0.1, 0.15) is 0 Å². The van der Waals surface area contributed by atoms with E-state index in [0.29, 0.717) is 12.0 Å². The number of piperidine rings is 1. The Labute approximate surface area is 168 Å². The second-order valence-electron chi connectivity index (χ2n) is 9.17. The predicted octanol–water partition coefficient (Wildman–Crippen LogP) is 2.86. The monoisotopic (exact) mass is 383 g/mol. The average Bonchev–Trinajstić information content (AvgIpc) is 3.03. The second kappa shape index (κ2) is 8.03. The Morgan fingerprint density at radius 2 is 1.82 bits per heavy atom. The number of ether oxygens (including phenoxy) is 1. The average molecular weight is 384 g/mol. The highest BCUT2D eigenvalue weighted by molar-refractivity contribution is 6.00. The van der Waals surface area contributed by atoms with Crippen LogP contribution in [0.25, 0.3) is 0 Å². The molecule has 6 rings (SSSR count). The minimum absolute atomic E-state index is 0.226. The van der Waals surface area contributed by atoms with Crippen LogP contribution in [0.1, 0.15) is 42.5 Å². The number of hydrogen-bond donors (Lipinski definition) is 0. The molecule has 5 aliphatic rings. The third-order valence-corrected chi connectivity index (χ3v) is 7.32. The van der Waals surface area contributed by atoms with Crippen LogP contribution in [0.2, 0.25) is 0 Å². The van der Waals surface area contributed by atoms with E-state index in [0.717, 1.165) is 56.6 Å². The summed E-state index contributed by atoms with van der Waals surface area (Å²) in [6, 6.07) is 8.74. The molecule has 4 aliphatic heterocycles. The molecule has 0 spiro atoms. The lowest BCUT2D eigenvalue weighted by Gasteiger charge is -2.40. The molecule has 4 heterocycles. The Bertz CT molecular complexity index is 699. The van der Waals surface area contributed by atoms with Gasteiger partial charge in [-0.25, -0.2) is 0 Å². The molecular formula is C23H33N3O2. The fourth-order valence-electron chi connectivity index (χ4n) is 5.48. The number of morpholine rings is 1. The topological polar surface area (TPSA) is 36.0 Å². The number of amides is 1. The minimum atomic E-state index is 0.226. The van der Waals surface area contributed by atoms with Crippen LogP contribution in [0, 0.1) is 11.8 Å². The molecule has 1 amide bonds. The quantitative estimate of drug-likeness (QED) is 0.801. The number of fused-ring (bicyclic) bond motifs is 4. The Balaban J connectivity index is 1.33. The Morgan fingerprint density at radius 3 is 2.61 bits per heavy atom. The highest BCUT2D eigenvalue weighted by Crippen LogP contribution is 2.34. The number of hydrogen-bond acceptors (Lipinski definition) is 4. The second-order valence-corrected chi connectivity index (χ2v) is 9.17. The number of para-hydroxylation sites is 1. The SMILES string of the molecule is O=C(c1ccccc1N1CCOCC1)N1C[C@@H]2CC[C@H](C1)N(CC1CCC1)C2. The van der Waals surface area contributed by atoms with Gasteiger partial charge in [0.25, 0.3) is 5.91 Å². The zero-order chi connectivity index (χ0) is 18.9. The number of carbonyl (C=O) groups is 1. The van der Waals surface area contributed by atoms with Crippen molar-refractivity contribution in [2.75, 3.05) is 57.4 Å². The predicted molar refractivity (Wildman–Crippen MR) is 111 cm³/mol. The van der Waals surface area contributed by atoms with Crippen molar-refractivity contribution in [3.05, 3.63) is 29.8 Å². The maximum Gasteiger partial charge on any atom is 0.256 e. The summed E-state index contributed by atoms with van der Waals surface area (Å²) < 4.78 is 5.51. The number of carbonyl (C=O) groups excluding carboxylic acids is 1. The normalized spacial score (nSPS) is 28.9. The van der Waals surface area contributed by atoms with E-state index in [1.54, 1.807) is 0 Å². The largest absolute Gasteiger partial charge is 0.378 e. The van der Waals surface area contributed by atoms with Gasteiger partial charge in [-0.05, 0) is 49.7 Å². The van der Waals surface area contributed by atoms with Crippen LogP contribution in [-0.2, 0) is 4.74 Å². The van der Waals surface area contributed by atoms with Gasteiger partial charge in [-0.1, -0.05) is 18.6 Å². The van der Waals surface area contributed by atoms with E-state index in [-0.39, 0.29) is 5.91 Å². The summed E-state index contributed by atoms with van der Waals surface area (Å²) in [5, 5.41) is 0. The minimum Gasteiger partial charge on any atom is -0.378 e. The molecule has 5 fully saturated rings. The molecule has 28 heavy (non-hydrogen) atoms. The van der Waals surface area contributed by atoms with Gasteiger partial charge in [0.2, 0.25) is 0 Å². The van der Waals surface area contributed by atoms with Gasteiger partial charge in [-0.15, -0.1) is 0 Å². The van der Waals surface area contributed by atoms with E-state index in [2.05, 4.69) is 20.8 Å². The summed E-state index contributed by atoms with van der Waals surface area (Å²) in [5.41, 5.74) is 1.95. The van der Waals surface area contributed by atoms with Crippen LogP contribution in [0.4, 0.5) is 5.69 Å². The molecule has 5 heteroatoms. The molecule has 1 saturated carbocycles. The van der Waals surface area contributed by atoms with Gasteiger partial charge in [0, 0.05) is 51.0 Å². The first kappa shape index (κ1) is 18.4. The van der Waals surface area contributed by atoms with Gasteiger partial charge in [0.05, 0.1) is 18.8 Å². The van der Waals surface area contributed by atoms with Gasteiger partial charge >= 0.3 is 0 Å². The van der Waals surface area contributed by atoms with Gasteiger partial charge in [0.15, 0.2) is 0 Å². The lowest BCUT2D eigenvalue weighted by molar-refractivity contribution is 0.0716. The van der Waals surface area contributed by atoms with Crippen LogP contribution < -0.4 is 4.90 Å². The van der Waals surface area contributed by atoms with Crippen LogP contribution in [0.15, 0.2) is 24.3 Å². The maximum atomic E-state index is 13.6.